The molecule has 138 valence electrons. The van der Waals surface area contributed by atoms with Crippen LogP contribution in [0.5, 0.6) is 5.75 Å². The minimum Gasteiger partial charge on any atom is -0.482 e. The fourth-order valence-corrected chi connectivity index (χ4v) is 3.42. The number of ether oxygens (including phenoxy) is 1. The lowest BCUT2D eigenvalue weighted by atomic mass is 9.89. The third kappa shape index (κ3) is 5.01. The van der Waals surface area contributed by atoms with Crippen molar-refractivity contribution in [3.63, 3.8) is 0 Å². The summed E-state index contributed by atoms with van der Waals surface area (Å²) in [6.07, 6.45) is 6.65. The van der Waals surface area contributed by atoms with Crippen molar-refractivity contribution in [3.8, 4) is 5.75 Å². The van der Waals surface area contributed by atoms with Gasteiger partial charge in [0.1, 0.15) is 5.75 Å². The average Bonchev–Trinajstić information content (AvgIpc) is 2.72. The first-order chi connectivity index (χ1) is 12.7. The van der Waals surface area contributed by atoms with Gasteiger partial charge in [-0.05, 0) is 43.0 Å². The van der Waals surface area contributed by atoms with Crippen LogP contribution in [-0.4, -0.2) is 26.1 Å². The van der Waals surface area contributed by atoms with Gasteiger partial charge >= 0.3 is 0 Å². The molecule has 2 aromatic carbocycles. The highest BCUT2D eigenvalue weighted by molar-refractivity contribution is 5.93. The second-order valence-electron chi connectivity index (χ2n) is 6.96. The van der Waals surface area contributed by atoms with Gasteiger partial charge in [-0.25, -0.2) is 0 Å². The zero-order valence-electron chi connectivity index (χ0n) is 15.5. The normalized spacial score (nSPS) is 14.7. The summed E-state index contributed by atoms with van der Waals surface area (Å²) in [4.78, 5) is 14.0. The second kappa shape index (κ2) is 9.27. The Labute approximate surface area is 156 Å². The van der Waals surface area contributed by atoms with Crippen LogP contribution in [0, 0.1) is 5.92 Å². The van der Waals surface area contributed by atoms with Crippen molar-refractivity contribution in [2.75, 3.05) is 30.4 Å². The molecule has 1 aliphatic carbocycles. The number of anilines is 2. The summed E-state index contributed by atoms with van der Waals surface area (Å²) in [5.41, 5.74) is 1.83. The number of nitrogens with one attached hydrogen (secondary N) is 1. The molecule has 1 aliphatic rings. The van der Waals surface area contributed by atoms with Crippen LogP contribution < -0.4 is 15.0 Å². The van der Waals surface area contributed by atoms with Crippen molar-refractivity contribution in [2.45, 2.75) is 32.1 Å². The first-order valence-electron chi connectivity index (χ1n) is 9.51. The maximum Gasteiger partial charge on any atom is 0.264 e. The largest absolute Gasteiger partial charge is 0.482 e. The Morgan fingerprint density at radius 2 is 1.73 bits per heavy atom. The van der Waals surface area contributed by atoms with E-state index in [4.69, 9.17) is 4.74 Å². The smallest absolute Gasteiger partial charge is 0.264 e. The van der Waals surface area contributed by atoms with E-state index in [1.54, 1.807) is 11.9 Å². The van der Waals surface area contributed by atoms with E-state index in [0.717, 1.165) is 29.6 Å². The molecular formula is C22H28N2O2. The standard InChI is InChI=1S/C22H28N2O2/c1-24(19-12-6-3-7-13-19)22(25)17-26-21-15-9-8-14-20(21)23-16-18-10-4-2-5-11-18/h3,6-9,12-15,18,23H,2,4-5,10-11,16-17H2,1H3. The van der Waals surface area contributed by atoms with E-state index in [9.17, 15) is 4.79 Å². The summed E-state index contributed by atoms with van der Waals surface area (Å²) in [5.74, 6) is 1.40. The molecule has 0 unspecified atom stereocenters. The molecule has 4 nitrogen and oxygen atoms in total. The Morgan fingerprint density at radius 3 is 2.50 bits per heavy atom. The fraction of sp³-hybridized carbons (Fsp3) is 0.409. The molecule has 0 aliphatic heterocycles. The van der Waals surface area contributed by atoms with E-state index in [1.807, 2.05) is 54.6 Å². The molecule has 0 heterocycles. The number of carbonyl (C=O) groups excluding carboxylic acids is 1. The molecule has 0 saturated heterocycles. The predicted molar refractivity (Wildman–Crippen MR) is 107 cm³/mol. The topological polar surface area (TPSA) is 41.6 Å². The van der Waals surface area contributed by atoms with Crippen molar-refractivity contribution < 1.29 is 9.53 Å². The molecule has 0 bridgehead atoms. The monoisotopic (exact) mass is 352 g/mol. The molecule has 1 N–H and O–H groups in total. The van der Waals surface area contributed by atoms with E-state index < -0.39 is 0 Å². The van der Waals surface area contributed by atoms with Crippen LogP contribution in [0.25, 0.3) is 0 Å². The van der Waals surface area contributed by atoms with Gasteiger partial charge in [-0.2, -0.15) is 0 Å². The SMILES string of the molecule is CN(C(=O)COc1ccccc1NCC1CCCCC1)c1ccccc1. The molecule has 0 spiro atoms. The number of carbonyl (C=O) groups is 1. The Hall–Kier alpha value is -2.49. The van der Waals surface area contributed by atoms with Gasteiger partial charge in [0.15, 0.2) is 6.61 Å². The number of likely N-dealkylation sites (N-methyl/N-ethyl adjacent to an activating group) is 1. The summed E-state index contributed by atoms with van der Waals surface area (Å²) in [6.45, 7) is 0.992. The number of hydrogen-bond acceptors (Lipinski definition) is 3. The highest BCUT2D eigenvalue weighted by Crippen LogP contribution is 2.27. The van der Waals surface area contributed by atoms with Crippen molar-refractivity contribution in [1.82, 2.24) is 0 Å². The van der Waals surface area contributed by atoms with Gasteiger partial charge in [0, 0.05) is 19.3 Å². The highest BCUT2D eigenvalue weighted by Gasteiger charge is 2.15. The molecule has 0 radical (unpaired) electrons. The summed E-state index contributed by atoms with van der Waals surface area (Å²) in [5, 5.41) is 3.52. The van der Waals surface area contributed by atoms with Crippen LogP contribution in [0.1, 0.15) is 32.1 Å². The molecule has 4 heteroatoms. The van der Waals surface area contributed by atoms with Crippen LogP contribution in [0.2, 0.25) is 0 Å². The molecule has 1 amide bonds. The second-order valence-corrected chi connectivity index (χ2v) is 6.96. The molecule has 2 aromatic rings. The average molecular weight is 352 g/mol. The summed E-state index contributed by atoms with van der Waals surface area (Å²) >= 11 is 0. The van der Waals surface area contributed by atoms with E-state index in [-0.39, 0.29) is 12.5 Å². The predicted octanol–water partition coefficient (Wildman–Crippen LogP) is 4.72. The van der Waals surface area contributed by atoms with Gasteiger partial charge in [-0.3, -0.25) is 4.79 Å². The zero-order chi connectivity index (χ0) is 18.2. The molecule has 26 heavy (non-hydrogen) atoms. The first kappa shape index (κ1) is 18.3. The third-order valence-corrected chi connectivity index (χ3v) is 5.06. The highest BCUT2D eigenvalue weighted by atomic mass is 16.5. The maximum atomic E-state index is 12.4. The first-order valence-corrected chi connectivity index (χ1v) is 9.51. The number of nitrogens with zero attached hydrogens (tertiary/aromatic N) is 1. The van der Waals surface area contributed by atoms with Gasteiger partial charge in [-0.1, -0.05) is 49.6 Å². The van der Waals surface area contributed by atoms with Gasteiger partial charge in [0.25, 0.3) is 5.91 Å². The lowest BCUT2D eigenvalue weighted by molar-refractivity contribution is -0.120. The molecule has 0 atom stereocenters. The number of rotatable bonds is 7. The Balaban J connectivity index is 1.55. The Bertz CT molecular complexity index is 696. The van der Waals surface area contributed by atoms with Crippen LogP contribution in [0.3, 0.4) is 0 Å². The van der Waals surface area contributed by atoms with Crippen LogP contribution in [-0.2, 0) is 4.79 Å². The third-order valence-electron chi connectivity index (χ3n) is 5.06. The number of amides is 1. The summed E-state index contributed by atoms with van der Waals surface area (Å²) < 4.78 is 5.83. The summed E-state index contributed by atoms with van der Waals surface area (Å²) in [7, 11) is 1.77. The fourth-order valence-electron chi connectivity index (χ4n) is 3.42. The van der Waals surface area contributed by atoms with Crippen molar-refractivity contribution in [1.29, 1.82) is 0 Å². The quantitative estimate of drug-likeness (QED) is 0.784. The van der Waals surface area contributed by atoms with Crippen LogP contribution in [0.4, 0.5) is 11.4 Å². The van der Waals surface area contributed by atoms with E-state index >= 15 is 0 Å². The lowest BCUT2D eigenvalue weighted by Crippen LogP contribution is -2.31. The molecule has 1 saturated carbocycles. The van der Waals surface area contributed by atoms with E-state index in [0.29, 0.717) is 0 Å². The van der Waals surface area contributed by atoms with Gasteiger partial charge in [0.05, 0.1) is 5.69 Å². The number of benzene rings is 2. The number of para-hydroxylation sites is 3. The minimum atomic E-state index is -0.0710. The maximum absolute atomic E-state index is 12.4. The van der Waals surface area contributed by atoms with Gasteiger partial charge < -0.3 is 15.0 Å². The minimum absolute atomic E-state index is 0.0213. The molecule has 1 fully saturated rings. The zero-order valence-corrected chi connectivity index (χ0v) is 15.5. The molecule has 3 rings (SSSR count). The van der Waals surface area contributed by atoms with Gasteiger partial charge in [-0.15, -0.1) is 0 Å². The van der Waals surface area contributed by atoms with Crippen LogP contribution >= 0.6 is 0 Å². The summed E-state index contributed by atoms with van der Waals surface area (Å²) in [6, 6.07) is 17.5. The van der Waals surface area contributed by atoms with Crippen LogP contribution in [0.15, 0.2) is 54.6 Å². The van der Waals surface area contributed by atoms with Gasteiger partial charge in [0.2, 0.25) is 0 Å². The van der Waals surface area contributed by atoms with Crippen molar-refractivity contribution in [2.24, 2.45) is 5.92 Å². The van der Waals surface area contributed by atoms with E-state index in [2.05, 4.69) is 5.32 Å². The molecule has 0 aromatic heterocycles. The Morgan fingerprint density at radius 1 is 1.04 bits per heavy atom. The van der Waals surface area contributed by atoms with Crippen molar-refractivity contribution in [3.05, 3.63) is 54.6 Å². The van der Waals surface area contributed by atoms with Crippen molar-refractivity contribution >= 4 is 17.3 Å². The Kier molecular flexibility index (Phi) is 6.53. The molecular weight excluding hydrogens is 324 g/mol. The van der Waals surface area contributed by atoms with E-state index in [1.165, 1.54) is 32.1 Å². The number of hydrogen-bond donors (Lipinski definition) is 1. The lowest BCUT2D eigenvalue weighted by Gasteiger charge is -2.23.